The molecule has 1 aromatic rings. The van der Waals surface area contributed by atoms with Gasteiger partial charge in [-0.3, -0.25) is 4.79 Å². The Kier molecular flexibility index (Phi) is 5.42. The molecule has 1 atom stereocenters. The molecule has 1 unspecified atom stereocenters. The summed E-state index contributed by atoms with van der Waals surface area (Å²) in [6, 6.07) is 5.97. The molecule has 5 N–H and O–H groups in total. The molecule has 0 heterocycles. The summed E-state index contributed by atoms with van der Waals surface area (Å²) in [6.07, 6.45) is 0.325. The topological polar surface area (TPSA) is 146 Å². The zero-order valence-corrected chi connectivity index (χ0v) is 10.8. The largest absolute Gasteiger partial charge is 0.468 e. The van der Waals surface area contributed by atoms with Crippen LogP contribution in [0.4, 0.5) is 5.69 Å². The molecule has 0 aliphatic heterocycles. The second kappa shape index (κ2) is 7.04. The summed E-state index contributed by atoms with van der Waals surface area (Å²) in [5, 5.41) is 14.7. The molecule has 0 spiro atoms. The van der Waals surface area contributed by atoms with Gasteiger partial charge in [-0.05, 0) is 24.1 Å². The van der Waals surface area contributed by atoms with E-state index in [9.17, 15) is 14.9 Å². The predicted molar refractivity (Wildman–Crippen MR) is 72.4 cm³/mol. The first-order valence-electron chi connectivity index (χ1n) is 5.60. The van der Waals surface area contributed by atoms with Gasteiger partial charge < -0.3 is 21.5 Å². The zero-order chi connectivity index (χ0) is 15.1. The number of hydrazone groups is 1. The van der Waals surface area contributed by atoms with Gasteiger partial charge in [0.1, 0.15) is 11.1 Å². The van der Waals surface area contributed by atoms with E-state index >= 15 is 0 Å². The Labute approximate surface area is 114 Å². The number of ether oxygens (including phenoxy) is 1. The third-order valence-corrected chi connectivity index (χ3v) is 2.38. The fraction of sp³-hybridized carbons (Fsp3) is 0.273. The number of hydrogen-bond donors (Lipinski definition) is 3. The van der Waals surface area contributed by atoms with Gasteiger partial charge in [-0.25, -0.2) is 10.1 Å². The van der Waals surface area contributed by atoms with Crippen molar-refractivity contribution in [1.82, 2.24) is 0 Å². The smallest absolute Gasteiger partial charge is 0.322 e. The van der Waals surface area contributed by atoms with Crippen molar-refractivity contribution in [2.24, 2.45) is 16.6 Å². The quantitative estimate of drug-likeness (QED) is 0.220. The molecule has 0 aliphatic carbocycles. The Hall–Kier alpha value is -2.68. The SMILES string of the molecule is COC(=O)C(N)Cc1ccc(NC(N)=N[N+](=O)[O-])cc1. The van der Waals surface area contributed by atoms with Gasteiger partial charge in [-0.2, -0.15) is 0 Å². The monoisotopic (exact) mass is 281 g/mol. The van der Waals surface area contributed by atoms with E-state index in [0.29, 0.717) is 12.1 Å². The summed E-state index contributed by atoms with van der Waals surface area (Å²) in [4.78, 5) is 21.3. The van der Waals surface area contributed by atoms with Gasteiger partial charge in [0.15, 0.2) is 5.03 Å². The van der Waals surface area contributed by atoms with E-state index in [4.69, 9.17) is 11.5 Å². The van der Waals surface area contributed by atoms with Crippen molar-refractivity contribution in [3.8, 4) is 0 Å². The molecule has 0 bridgehead atoms. The number of nitrogens with zero attached hydrogens (tertiary/aromatic N) is 2. The van der Waals surface area contributed by atoms with Crippen LogP contribution in [0.2, 0.25) is 0 Å². The van der Waals surface area contributed by atoms with E-state index in [0.717, 1.165) is 5.56 Å². The van der Waals surface area contributed by atoms with Crippen LogP contribution in [-0.4, -0.2) is 30.1 Å². The highest BCUT2D eigenvalue weighted by molar-refractivity contribution is 5.91. The molecule has 0 aromatic heterocycles. The summed E-state index contributed by atoms with van der Waals surface area (Å²) in [5.41, 5.74) is 12.3. The lowest BCUT2D eigenvalue weighted by Gasteiger charge is -2.10. The van der Waals surface area contributed by atoms with Gasteiger partial charge in [0.25, 0.3) is 5.96 Å². The summed E-state index contributed by atoms with van der Waals surface area (Å²) < 4.78 is 4.53. The normalized spacial score (nSPS) is 12.6. The van der Waals surface area contributed by atoms with Crippen LogP contribution < -0.4 is 16.8 Å². The number of nitrogens with one attached hydrogen (secondary N) is 1. The van der Waals surface area contributed by atoms with Crippen LogP contribution in [0.25, 0.3) is 0 Å². The Morgan fingerprint density at radius 3 is 2.60 bits per heavy atom. The van der Waals surface area contributed by atoms with E-state index in [1.165, 1.54) is 7.11 Å². The van der Waals surface area contributed by atoms with Gasteiger partial charge in [-0.1, -0.05) is 12.1 Å². The second-order valence-electron chi connectivity index (χ2n) is 3.88. The van der Waals surface area contributed by atoms with E-state index in [1.807, 2.05) is 0 Å². The molecule has 9 heteroatoms. The first-order chi connectivity index (χ1) is 9.42. The minimum atomic E-state index is -0.897. The molecule has 1 rings (SSSR count). The molecule has 0 fully saturated rings. The van der Waals surface area contributed by atoms with E-state index in [-0.39, 0.29) is 5.96 Å². The molecule has 0 aliphatic rings. The Morgan fingerprint density at radius 1 is 1.50 bits per heavy atom. The molecule has 0 saturated heterocycles. The molecule has 9 nitrogen and oxygen atoms in total. The minimum absolute atomic E-state index is 0.325. The number of esters is 1. The number of nitrogens with two attached hydrogens (primary N) is 2. The number of hydrogen-bond acceptors (Lipinski definition) is 5. The van der Waals surface area contributed by atoms with Gasteiger partial charge >= 0.3 is 5.97 Å². The number of methoxy groups -OCH3 is 1. The number of rotatable bonds is 5. The van der Waals surface area contributed by atoms with Crippen LogP contribution in [0.15, 0.2) is 29.4 Å². The minimum Gasteiger partial charge on any atom is -0.468 e. The third-order valence-electron chi connectivity index (χ3n) is 2.38. The Morgan fingerprint density at radius 2 is 2.10 bits per heavy atom. The highest BCUT2D eigenvalue weighted by Crippen LogP contribution is 2.11. The molecule has 0 amide bonds. The van der Waals surface area contributed by atoms with Gasteiger partial charge in [-0.15, -0.1) is 0 Å². The lowest BCUT2D eigenvalue weighted by atomic mass is 10.1. The third kappa shape index (κ3) is 4.90. The van der Waals surface area contributed by atoms with Crippen LogP contribution in [0.1, 0.15) is 5.56 Å². The fourth-order valence-electron chi connectivity index (χ4n) is 1.47. The average molecular weight is 281 g/mol. The van der Waals surface area contributed by atoms with Gasteiger partial charge in [0.05, 0.1) is 7.11 Å². The highest BCUT2D eigenvalue weighted by atomic mass is 16.7. The van der Waals surface area contributed by atoms with E-state index in [2.05, 4.69) is 15.2 Å². The number of carbonyl (C=O) groups excluding carboxylic acids is 1. The standard InChI is InChI=1S/C11H15N5O4/c1-20-10(17)9(12)6-7-2-4-8(5-3-7)14-11(13)15-16(18)19/h2-5,9H,6,12H2,1H3,(H3,13,14,15). The molecule has 0 radical (unpaired) electrons. The number of guanidine groups is 1. The lowest BCUT2D eigenvalue weighted by Crippen LogP contribution is -2.33. The number of benzene rings is 1. The molecule has 1 aromatic carbocycles. The molecule has 108 valence electrons. The summed E-state index contributed by atoms with van der Waals surface area (Å²) in [5.74, 6) is -0.816. The van der Waals surface area contributed by atoms with Crippen molar-refractivity contribution in [3.05, 3.63) is 39.9 Å². The van der Waals surface area contributed by atoms with Crippen molar-refractivity contribution in [1.29, 1.82) is 0 Å². The maximum atomic E-state index is 11.2. The summed E-state index contributed by atoms with van der Waals surface area (Å²) in [6.45, 7) is 0. The van der Waals surface area contributed by atoms with Crippen LogP contribution in [0.3, 0.4) is 0 Å². The highest BCUT2D eigenvalue weighted by Gasteiger charge is 2.14. The predicted octanol–water partition coefficient (Wildman–Crippen LogP) is -0.352. The summed E-state index contributed by atoms with van der Waals surface area (Å²) in [7, 11) is 1.27. The summed E-state index contributed by atoms with van der Waals surface area (Å²) >= 11 is 0. The van der Waals surface area contributed by atoms with Gasteiger partial charge in [0, 0.05) is 5.69 Å². The molecular weight excluding hydrogens is 266 g/mol. The van der Waals surface area contributed by atoms with Crippen molar-refractivity contribution >= 4 is 17.6 Å². The van der Waals surface area contributed by atoms with Crippen molar-refractivity contribution in [3.63, 3.8) is 0 Å². The van der Waals surface area contributed by atoms with E-state index < -0.39 is 17.0 Å². The van der Waals surface area contributed by atoms with Gasteiger partial charge in [0.2, 0.25) is 0 Å². The Bertz CT molecular complexity index is 514. The maximum absolute atomic E-state index is 11.2. The molecule has 0 saturated carbocycles. The average Bonchev–Trinajstić information content (AvgIpc) is 2.39. The van der Waals surface area contributed by atoms with Crippen molar-refractivity contribution in [2.45, 2.75) is 12.5 Å². The van der Waals surface area contributed by atoms with Crippen LogP contribution >= 0.6 is 0 Å². The van der Waals surface area contributed by atoms with Crippen LogP contribution in [0, 0.1) is 10.1 Å². The first kappa shape index (κ1) is 15.4. The zero-order valence-electron chi connectivity index (χ0n) is 10.8. The maximum Gasteiger partial charge on any atom is 0.322 e. The fourth-order valence-corrected chi connectivity index (χ4v) is 1.47. The molecule has 20 heavy (non-hydrogen) atoms. The van der Waals surface area contributed by atoms with E-state index in [1.54, 1.807) is 24.3 Å². The van der Waals surface area contributed by atoms with Crippen molar-refractivity contribution in [2.75, 3.05) is 12.4 Å². The van der Waals surface area contributed by atoms with Crippen LogP contribution in [-0.2, 0) is 16.0 Å². The number of carbonyl (C=O) groups is 1. The van der Waals surface area contributed by atoms with Crippen LogP contribution in [0.5, 0.6) is 0 Å². The second-order valence-corrected chi connectivity index (χ2v) is 3.88. The first-order valence-corrected chi connectivity index (χ1v) is 5.60. The lowest BCUT2D eigenvalue weighted by molar-refractivity contribution is -0.485. The van der Waals surface area contributed by atoms with Crippen molar-refractivity contribution < 1.29 is 14.6 Å². The Balaban J connectivity index is 2.65. The number of anilines is 1. The number of nitro groups is 1. The molecular formula is C11H15N5O4.